The zero-order chi connectivity index (χ0) is 17.6. The Bertz CT molecular complexity index is 1090. The zero-order valence-corrected chi connectivity index (χ0v) is 15.0. The summed E-state index contributed by atoms with van der Waals surface area (Å²) < 4.78 is 1.61. The minimum absolute atomic E-state index is 0.471. The van der Waals surface area contributed by atoms with Crippen LogP contribution in [0.25, 0.3) is 28.0 Å². The Kier molecular flexibility index (Phi) is 4.04. The van der Waals surface area contributed by atoms with Crippen molar-refractivity contribution in [3.63, 3.8) is 0 Å². The molecule has 0 unspecified atom stereocenters. The van der Waals surface area contributed by atoms with E-state index in [0.717, 1.165) is 16.7 Å². The lowest BCUT2D eigenvalue weighted by atomic mass is 10.1. The quantitative estimate of drug-likeness (QED) is 0.485. The monoisotopic (exact) mass is 388 g/mol. The van der Waals surface area contributed by atoms with Crippen molar-refractivity contribution in [3.05, 3.63) is 69.8 Å². The predicted molar refractivity (Wildman–Crippen MR) is 103 cm³/mol. The zero-order valence-electron chi connectivity index (χ0n) is 12.7. The summed E-state index contributed by atoms with van der Waals surface area (Å²) in [6, 6.07) is 14.6. The summed E-state index contributed by atoms with van der Waals surface area (Å²) >= 11 is 18.0. The van der Waals surface area contributed by atoms with Crippen molar-refractivity contribution in [2.75, 3.05) is 5.73 Å². The van der Waals surface area contributed by atoms with Crippen LogP contribution in [0.4, 0.5) is 5.82 Å². The van der Waals surface area contributed by atoms with Crippen molar-refractivity contribution in [2.45, 2.75) is 0 Å². The van der Waals surface area contributed by atoms with Crippen LogP contribution in [0.15, 0.2) is 54.7 Å². The average molecular weight is 390 g/mol. The van der Waals surface area contributed by atoms with Gasteiger partial charge in [-0.2, -0.15) is 9.61 Å². The lowest BCUT2D eigenvalue weighted by Gasteiger charge is -2.07. The van der Waals surface area contributed by atoms with E-state index in [4.69, 9.17) is 40.5 Å². The highest BCUT2D eigenvalue weighted by Gasteiger charge is 2.13. The number of benzene rings is 2. The molecule has 2 heterocycles. The molecule has 4 aromatic rings. The maximum absolute atomic E-state index is 6.31. The van der Waals surface area contributed by atoms with Gasteiger partial charge in [0.05, 0.1) is 15.7 Å². The van der Waals surface area contributed by atoms with Crippen LogP contribution in [0.5, 0.6) is 0 Å². The molecule has 4 nitrogen and oxygen atoms in total. The van der Waals surface area contributed by atoms with Crippen molar-refractivity contribution < 1.29 is 0 Å². The minimum Gasteiger partial charge on any atom is -0.383 e. The summed E-state index contributed by atoms with van der Waals surface area (Å²) in [6.07, 6.45) is 1.73. The molecule has 2 aromatic carbocycles. The highest BCUT2D eigenvalue weighted by atomic mass is 35.5. The predicted octanol–water partition coefficient (Wildman–Crippen LogP) is 5.61. The van der Waals surface area contributed by atoms with Gasteiger partial charge < -0.3 is 5.73 Å². The van der Waals surface area contributed by atoms with E-state index in [0.29, 0.717) is 32.2 Å². The van der Waals surface area contributed by atoms with Crippen molar-refractivity contribution in [1.82, 2.24) is 14.6 Å². The molecule has 0 aliphatic heterocycles. The topological polar surface area (TPSA) is 56.2 Å². The maximum Gasteiger partial charge on any atom is 0.157 e. The summed E-state index contributed by atoms with van der Waals surface area (Å²) in [4.78, 5) is 4.46. The molecule has 25 heavy (non-hydrogen) atoms. The molecule has 7 heteroatoms. The first kappa shape index (κ1) is 16.2. The number of fused-ring (bicyclic) bond motifs is 1. The second-order valence-electron chi connectivity index (χ2n) is 5.49. The van der Waals surface area contributed by atoms with Gasteiger partial charge in [0.1, 0.15) is 5.82 Å². The van der Waals surface area contributed by atoms with Crippen molar-refractivity contribution in [3.8, 4) is 22.4 Å². The number of rotatable bonds is 2. The van der Waals surface area contributed by atoms with Gasteiger partial charge in [-0.05, 0) is 29.8 Å². The fraction of sp³-hybridized carbons (Fsp3) is 0. The van der Waals surface area contributed by atoms with E-state index < -0.39 is 0 Å². The van der Waals surface area contributed by atoms with Crippen molar-refractivity contribution in [2.24, 2.45) is 0 Å². The Hall–Kier alpha value is -2.27. The summed E-state index contributed by atoms with van der Waals surface area (Å²) in [6.45, 7) is 0. The highest BCUT2D eigenvalue weighted by molar-refractivity contribution is 6.42. The van der Waals surface area contributed by atoms with Gasteiger partial charge in [-0.3, -0.25) is 0 Å². The van der Waals surface area contributed by atoms with E-state index in [9.17, 15) is 0 Å². The number of hydrogen-bond acceptors (Lipinski definition) is 3. The van der Waals surface area contributed by atoms with E-state index in [1.165, 1.54) is 0 Å². The van der Waals surface area contributed by atoms with Gasteiger partial charge >= 0.3 is 0 Å². The second-order valence-corrected chi connectivity index (χ2v) is 6.74. The number of aromatic nitrogens is 3. The van der Waals surface area contributed by atoms with Crippen LogP contribution in [0.2, 0.25) is 15.1 Å². The van der Waals surface area contributed by atoms with E-state index in [2.05, 4.69) is 10.1 Å². The molecule has 124 valence electrons. The molecule has 0 bridgehead atoms. The first-order chi connectivity index (χ1) is 12.0. The lowest BCUT2D eigenvalue weighted by molar-refractivity contribution is 0.958. The van der Waals surface area contributed by atoms with Crippen LogP contribution in [0.3, 0.4) is 0 Å². The van der Waals surface area contributed by atoms with Crippen LogP contribution in [0, 0.1) is 0 Å². The molecule has 2 aromatic heterocycles. The fourth-order valence-electron chi connectivity index (χ4n) is 2.60. The molecule has 0 amide bonds. The van der Waals surface area contributed by atoms with E-state index in [1.807, 2.05) is 36.4 Å². The van der Waals surface area contributed by atoms with Gasteiger partial charge in [0, 0.05) is 28.4 Å². The minimum atomic E-state index is 0.471. The molecule has 2 N–H and O–H groups in total. The molecule has 4 rings (SSSR count). The van der Waals surface area contributed by atoms with Crippen LogP contribution < -0.4 is 5.73 Å². The highest BCUT2D eigenvalue weighted by Crippen LogP contribution is 2.31. The number of halogens is 3. The molecule has 0 saturated carbocycles. The maximum atomic E-state index is 6.31. The first-order valence-corrected chi connectivity index (χ1v) is 8.52. The van der Waals surface area contributed by atoms with Crippen LogP contribution in [0.1, 0.15) is 0 Å². The Morgan fingerprint density at radius 2 is 1.56 bits per heavy atom. The third-order valence-corrected chi connectivity index (χ3v) is 4.88. The Labute approximate surface area is 158 Å². The average Bonchev–Trinajstić information content (AvgIpc) is 3.04. The molecule has 0 fully saturated rings. The molecular weight excluding hydrogens is 379 g/mol. The molecule has 0 saturated heterocycles. The van der Waals surface area contributed by atoms with Gasteiger partial charge in [0.15, 0.2) is 5.65 Å². The molecule has 0 aliphatic rings. The van der Waals surface area contributed by atoms with Gasteiger partial charge in [-0.25, -0.2) is 4.98 Å². The van der Waals surface area contributed by atoms with Gasteiger partial charge in [0.2, 0.25) is 0 Å². The van der Waals surface area contributed by atoms with Crippen LogP contribution in [-0.4, -0.2) is 14.6 Å². The Morgan fingerprint density at radius 3 is 2.28 bits per heavy atom. The van der Waals surface area contributed by atoms with E-state index >= 15 is 0 Å². The molecule has 0 spiro atoms. The number of hydrogen-bond donors (Lipinski definition) is 1. The van der Waals surface area contributed by atoms with Crippen molar-refractivity contribution in [1.29, 1.82) is 0 Å². The number of nitrogens with two attached hydrogens (primary N) is 1. The van der Waals surface area contributed by atoms with Gasteiger partial charge in [-0.15, -0.1) is 0 Å². The molecule has 0 atom stereocenters. The fourth-order valence-corrected chi connectivity index (χ4v) is 3.02. The summed E-state index contributed by atoms with van der Waals surface area (Å²) in [7, 11) is 0. The van der Waals surface area contributed by atoms with E-state index in [1.54, 1.807) is 22.8 Å². The summed E-state index contributed by atoms with van der Waals surface area (Å²) in [5.41, 5.74) is 10.2. The van der Waals surface area contributed by atoms with Crippen LogP contribution in [-0.2, 0) is 0 Å². The number of anilines is 1. The van der Waals surface area contributed by atoms with Crippen molar-refractivity contribution >= 4 is 46.3 Å². The Morgan fingerprint density at radius 1 is 0.840 bits per heavy atom. The normalized spacial score (nSPS) is 11.2. The first-order valence-electron chi connectivity index (χ1n) is 7.38. The second kappa shape index (κ2) is 6.23. The Balaban J connectivity index is 1.84. The smallest absolute Gasteiger partial charge is 0.157 e. The number of nitrogen functional groups attached to an aromatic ring is 1. The third-order valence-electron chi connectivity index (χ3n) is 3.89. The van der Waals surface area contributed by atoms with Gasteiger partial charge in [0.25, 0.3) is 0 Å². The molecular formula is C18H11Cl3N4. The standard InChI is InChI=1S/C18H11Cl3N4/c19-12-4-1-10(2-5-12)13-9-23-17-8-16(24-25(17)18(13)22)11-3-6-14(20)15(21)7-11/h1-9H,22H2. The summed E-state index contributed by atoms with van der Waals surface area (Å²) in [5, 5.41) is 6.19. The summed E-state index contributed by atoms with van der Waals surface area (Å²) in [5.74, 6) is 0.499. The largest absolute Gasteiger partial charge is 0.383 e. The SMILES string of the molecule is Nc1c(-c2ccc(Cl)cc2)cnc2cc(-c3ccc(Cl)c(Cl)c3)nn12. The van der Waals surface area contributed by atoms with Gasteiger partial charge in [-0.1, -0.05) is 53.0 Å². The molecule has 0 aliphatic carbocycles. The van der Waals surface area contributed by atoms with E-state index in [-0.39, 0.29) is 0 Å². The lowest BCUT2D eigenvalue weighted by Crippen LogP contribution is -2.02. The molecule has 0 radical (unpaired) electrons. The third kappa shape index (κ3) is 2.93. The number of nitrogens with zero attached hydrogens (tertiary/aromatic N) is 3. The van der Waals surface area contributed by atoms with Crippen LogP contribution >= 0.6 is 34.8 Å².